The number of para-hydroxylation sites is 1. The number of methoxy groups -OCH3 is 1. The molecule has 2 aliphatic carbocycles. The molecule has 0 amide bonds. The average Bonchev–Trinajstić information content (AvgIpc) is 2.87. The Morgan fingerprint density at radius 3 is 2.33 bits per heavy atom. The fourth-order valence-corrected chi connectivity index (χ4v) is 3.01. The summed E-state index contributed by atoms with van der Waals surface area (Å²) in [6, 6.07) is 15.7. The van der Waals surface area contributed by atoms with E-state index in [1.165, 1.54) is 13.2 Å². The van der Waals surface area contributed by atoms with E-state index in [4.69, 9.17) is 9.47 Å². The Balaban J connectivity index is 1.93. The zero-order valence-corrected chi connectivity index (χ0v) is 15.0. The van der Waals surface area contributed by atoms with E-state index < -0.39 is 5.97 Å². The average molecular weight is 362 g/mol. The van der Waals surface area contributed by atoms with E-state index >= 15 is 0 Å². The Labute approximate surface area is 156 Å². The predicted molar refractivity (Wildman–Crippen MR) is 101 cm³/mol. The molecular weight excluding hydrogens is 344 g/mol. The Bertz CT molecular complexity index is 990. The Kier molecular flexibility index (Phi) is 5.31. The van der Waals surface area contributed by atoms with Gasteiger partial charge in [0, 0.05) is 5.56 Å². The number of hydrogen-bond donors (Lipinski definition) is 0. The van der Waals surface area contributed by atoms with Crippen molar-refractivity contribution in [2.24, 2.45) is 0 Å². The molecule has 5 nitrogen and oxygen atoms in total. The number of ether oxygens (including phenoxy) is 2. The van der Waals surface area contributed by atoms with Gasteiger partial charge in [-0.2, -0.15) is 0 Å². The van der Waals surface area contributed by atoms with Gasteiger partial charge in [0.05, 0.1) is 18.2 Å². The van der Waals surface area contributed by atoms with E-state index in [2.05, 4.69) is 0 Å². The van der Waals surface area contributed by atoms with Crippen LogP contribution in [0, 0.1) is 6.92 Å². The lowest BCUT2D eigenvalue weighted by Crippen LogP contribution is -2.13. The zero-order valence-electron chi connectivity index (χ0n) is 15.0. The molecule has 0 heterocycles. The molecule has 3 rings (SSSR count). The molecule has 27 heavy (non-hydrogen) atoms. The van der Waals surface area contributed by atoms with E-state index in [0.29, 0.717) is 39.9 Å². The van der Waals surface area contributed by atoms with Crippen LogP contribution in [0.4, 0.5) is 0 Å². The number of esters is 1. The predicted octanol–water partition coefficient (Wildman–Crippen LogP) is 3.96. The molecule has 0 saturated carbocycles. The molecule has 0 spiro atoms. The van der Waals surface area contributed by atoms with Crippen molar-refractivity contribution in [2.45, 2.75) is 6.92 Å². The minimum atomic E-state index is -0.506. The van der Waals surface area contributed by atoms with E-state index in [-0.39, 0.29) is 12.4 Å². The van der Waals surface area contributed by atoms with Crippen molar-refractivity contribution in [1.82, 2.24) is 0 Å². The number of Topliss-reactive ketones (excluding diaryl/α,β-unsaturated/α-hetero) is 1. The maximum Gasteiger partial charge on any atom is 0.338 e. The largest absolute Gasteiger partial charge is 0.484 e. The van der Waals surface area contributed by atoms with E-state index in [9.17, 15) is 14.4 Å². The summed E-state index contributed by atoms with van der Waals surface area (Å²) in [5.41, 5.74) is 3.15. The zero-order chi connectivity index (χ0) is 19.4. The number of ketones is 1. The minimum Gasteiger partial charge on any atom is -0.484 e. The summed E-state index contributed by atoms with van der Waals surface area (Å²) >= 11 is 0. The number of aryl methyl sites for hydroxylation is 1. The maximum absolute atomic E-state index is 12.8. The van der Waals surface area contributed by atoms with Crippen LogP contribution in [-0.2, 0) is 4.74 Å². The second-order valence-corrected chi connectivity index (χ2v) is 6.02. The van der Waals surface area contributed by atoms with Gasteiger partial charge in [-0.3, -0.25) is 9.59 Å². The quantitative estimate of drug-likeness (QED) is 0.377. The summed E-state index contributed by atoms with van der Waals surface area (Å²) in [4.78, 5) is 36.1. The minimum absolute atomic E-state index is 0.246. The van der Waals surface area contributed by atoms with Gasteiger partial charge in [-0.15, -0.1) is 0 Å². The Hall–Kier alpha value is -3.47. The molecule has 1 aromatic carbocycles. The molecule has 0 radical (unpaired) electrons. The molecule has 0 aromatic heterocycles. The van der Waals surface area contributed by atoms with Crippen molar-refractivity contribution in [2.75, 3.05) is 13.7 Å². The Morgan fingerprint density at radius 2 is 1.67 bits per heavy atom. The van der Waals surface area contributed by atoms with Crippen LogP contribution in [-0.4, -0.2) is 31.8 Å². The van der Waals surface area contributed by atoms with Crippen LogP contribution >= 0.6 is 0 Å². The summed E-state index contributed by atoms with van der Waals surface area (Å²) in [5, 5.41) is 0. The van der Waals surface area contributed by atoms with Gasteiger partial charge in [0.2, 0.25) is 5.78 Å². The first-order valence-corrected chi connectivity index (χ1v) is 8.37. The van der Waals surface area contributed by atoms with Crippen LogP contribution in [0.25, 0.3) is 11.1 Å². The third-order valence-electron chi connectivity index (χ3n) is 4.33. The van der Waals surface area contributed by atoms with Gasteiger partial charge in [0.15, 0.2) is 12.9 Å². The van der Waals surface area contributed by atoms with Crippen molar-refractivity contribution >= 4 is 18.0 Å². The second-order valence-electron chi connectivity index (χ2n) is 6.02. The molecule has 0 unspecified atom stereocenters. The second kappa shape index (κ2) is 7.83. The molecular formula is C22H18O5. The first kappa shape index (κ1) is 18.3. The van der Waals surface area contributed by atoms with Crippen LogP contribution in [0.1, 0.15) is 36.6 Å². The number of carbonyl (C=O) groups is 3. The smallest absolute Gasteiger partial charge is 0.338 e. The molecule has 136 valence electrons. The summed E-state index contributed by atoms with van der Waals surface area (Å²) in [6.45, 7) is 1.56. The first-order valence-electron chi connectivity index (χ1n) is 8.37. The van der Waals surface area contributed by atoms with Crippen LogP contribution in [0.5, 0.6) is 5.75 Å². The van der Waals surface area contributed by atoms with Gasteiger partial charge in [0.1, 0.15) is 5.75 Å². The fraction of sp³-hybridized carbons (Fsp3) is 0.136. The molecule has 5 heteroatoms. The van der Waals surface area contributed by atoms with Gasteiger partial charge >= 0.3 is 5.97 Å². The highest BCUT2D eigenvalue weighted by atomic mass is 16.5. The molecule has 0 N–H and O–H groups in total. The third kappa shape index (κ3) is 3.58. The lowest BCUT2D eigenvalue weighted by atomic mass is 10.1. The first-order chi connectivity index (χ1) is 13.1. The van der Waals surface area contributed by atoms with Gasteiger partial charge in [-0.05, 0) is 35.7 Å². The fourth-order valence-electron chi connectivity index (χ4n) is 3.01. The summed E-state index contributed by atoms with van der Waals surface area (Å²) < 4.78 is 10.5. The van der Waals surface area contributed by atoms with Crippen molar-refractivity contribution < 1.29 is 23.9 Å². The van der Waals surface area contributed by atoms with Crippen molar-refractivity contribution in [3.8, 4) is 16.9 Å². The monoisotopic (exact) mass is 362 g/mol. The number of aldehydes is 1. The number of carbonyl (C=O) groups excluding carboxylic acids is 3. The van der Waals surface area contributed by atoms with Crippen LogP contribution in [0.2, 0.25) is 0 Å². The van der Waals surface area contributed by atoms with Crippen LogP contribution in [0.3, 0.4) is 0 Å². The molecule has 0 atom stereocenters. The summed E-state index contributed by atoms with van der Waals surface area (Å²) in [7, 11) is 1.30. The molecule has 2 aliphatic rings. The maximum atomic E-state index is 12.8. The normalized spacial score (nSPS) is 10.4. The standard InChI is InChI=1S/C22H18O5/c1-14-7-6-8-15(12-23)21(14)27-13-20(24)18-11-19(22(25)26-2)17-10-5-3-4-9-16(17)18/h3-12H,13H2,1-2H3. The van der Waals surface area contributed by atoms with Crippen molar-refractivity contribution in [3.05, 3.63) is 76.9 Å². The lowest BCUT2D eigenvalue weighted by molar-refractivity contribution is 0.0602. The number of benzene rings is 1. The van der Waals surface area contributed by atoms with Gasteiger partial charge in [-0.25, -0.2) is 4.79 Å². The van der Waals surface area contributed by atoms with E-state index in [1.807, 2.05) is 6.07 Å². The van der Waals surface area contributed by atoms with Gasteiger partial charge < -0.3 is 9.47 Å². The van der Waals surface area contributed by atoms with Gasteiger partial charge in [-0.1, -0.05) is 42.5 Å². The highest BCUT2D eigenvalue weighted by Crippen LogP contribution is 2.33. The molecule has 0 bridgehead atoms. The molecule has 0 aliphatic heterocycles. The molecule has 0 saturated heterocycles. The van der Waals surface area contributed by atoms with Crippen molar-refractivity contribution in [1.29, 1.82) is 0 Å². The lowest BCUT2D eigenvalue weighted by Gasteiger charge is -2.10. The van der Waals surface area contributed by atoms with E-state index in [0.717, 1.165) is 5.56 Å². The van der Waals surface area contributed by atoms with Crippen LogP contribution in [0.15, 0.2) is 54.6 Å². The number of fused-ring (bicyclic) bond motifs is 1. The van der Waals surface area contributed by atoms with Gasteiger partial charge in [0.25, 0.3) is 0 Å². The number of rotatable bonds is 6. The van der Waals surface area contributed by atoms with Crippen LogP contribution < -0.4 is 4.74 Å². The molecule has 1 aromatic rings. The van der Waals surface area contributed by atoms with Crippen molar-refractivity contribution in [3.63, 3.8) is 0 Å². The third-order valence-corrected chi connectivity index (χ3v) is 4.33. The molecule has 0 fully saturated rings. The van der Waals surface area contributed by atoms with E-state index in [1.54, 1.807) is 49.4 Å². The highest BCUT2D eigenvalue weighted by Gasteiger charge is 2.24. The highest BCUT2D eigenvalue weighted by molar-refractivity contribution is 6.10. The number of hydrogen-bond acceptors (Lipinski definition) is 5. The summed E-state index contributed by atoms with van der Waals surface area (Å²) in [5.74, 6) is -0.412. The summed E-state index contributed by atoms with van der Waals surface area (Å²) in [6.07, 6.45) is 0.695. The topological polar surface area (TPSA) is 69.7 Å². The SMILES string of the molecule is COC(=O)c1cc(C(=O)COc2c(C)cccc2C=O)c2cccccc1-2. The Morgan fingerprint density at radius 1 is 0.963 bits per heavy atom.